The van der Waals surface area contributed by atoms with E-state index in [2.05, 4.69) is 5.32 Å². The van der Waals surface area contributed by atoms with Crippen LogP contribution in [0.5, 0.6) is 0 Å². The molecule has 0 aliphatic carbocycles. The van der Waals surface area contributed by atoms with E-state index in [0.717, 1.165) is 18.2 Å². The molecule has 0 heterocycles. The number of carbonyl (C=O) groups excluding carboxylic acids is 1. The van der Waals surface area contributed by atoms with Crippen molar-refractivity contribution < 1.29 is 18.1 Å². The topological polar surface area (TPSA) is 110 Å². The maximum absolute atomic E-state index is 12.2. The molecule has 0 fully saturated rings. The Hall–Kier alpha value is -2.94. The van der Waals surface area contributed by atoms with Crippen molar-refractivity contribution in [3.8, 4) is 0 Å². The van der Waals surface area contributed by atoms with E-state index in [9.17, 15) is 23.3 Å². The molecule has 2 aromatic carbocycles. The molecule has 9 heteroatoms. The Labute approximate surface area is 170 Å². The van der Waals surface area contributed by atoms with Gasteiger partial charge in [0.05, 0.1) is 28.1 Å². The molecule has 2 aromatic rings. The van der Waals surface area contributed by atoms with Crippen LogP contribution in [0.25, 0.3) is 0 Å². The summed E-state index contributed by atoms with van der Waals surface area (Å²) in [5, 5.41) is 13.7. The smallest absolute Gasteiger partial charge is 0.274 e. The Balaban J connectivity index is 2.01. The van der Waals surface area contributed by atoms with Gasteiger partial charge in [-0.05, 0) is 43.5 Å². The third-order valence-electron chi connectivity index (χ3n) is 4.57. The predicted molar refractivity (Wildman–Crippen MR) is 114 cm³/mol. The molecular weight excluding hydrogens is 394 g/mol. The summed E-state index contributed by atoms with van der Waals surface area (Å²) in [5.41, 5.74) is 2.34. The Kier molecular flexibility index (Phi) is 7.33. The van der Waals surface area contributed by atoms with Gasteiger partial charge in [0.1, 0.15) is 0 Å². The van der Waals surface area contributed by atoms with E-state index < -0.39 is 14.9 Å². The molecule has 0 atom stereocenters. The van der Waals surface area contributed by atoms with Gasteiger partial charge in [-0.2, -0.15) is 0 Å². The zero-order valence-electron chi connectivity index (χ0n) is 16.7. The number of carbonyl (C=O) groups is 1. The van der Waals surface area contributed by atoms with Crippen molar-refractivity contribution in [1.82, 2.24) is 0 Å². The van der Waals surface area contributed by atoms with Gasteiger partial charge in [0.2, 0.25) is 15.9 Å². The van der Waals surface area contributed by atoms with E-state index in [1.807, 2.05) is 19.1 Å². The van der Waals surface area contributed by atoms with Crippen molar-refractivity contribution >= 4 is 33.0 Å². The minimum absolute atomic E-state index is 0.0680. The molecule has 156 valence electrons. The molecule has 0 aliphatic heterocycles. The number of sulfonamides is 1. The van der Waals surface area contributed by atoms with Crippen LogP contribution in [0.4, 0.5) is 17.1 Å². The first-order chi connectivity index (χ1) is 13.6. The number of benzene rings is 2. The van der Waals surface area contributed by atoms with Crippen LogP contribution in [0.15, 0.2) is 42.5 Å². The standard InChI is InChI=1S/C20H25N3O5S/c1-4-16-10-12-17(13-11-16)22(29(3,27)28)14-6-9-20(24)21-18-7-5-8-19(15(18)2)23(25)26/h5,7-8,10-13H,4,6,9,14H2,1-3H3,(H,21,24). The van der Waals surface area contributed by atoms with E-state index in [0.29, 0.717) is 23.4 Å². The number of rotatable bonds is 9. The van der Waals surface area contributed by atoms with Crippen LogP contribution < -0.4 is 9.62 Å². The van der Waals surface area contributed by atoms with Crippen LogP contribution in [-0.4, -0.2) is 32.0 Å². The number of anilines is 2. The number of nitro groups is 1. The number of amides is 1. The number of nitro benzene ring substituents is 1. The molecule has 0 saturated heterocycles. The first-order valence-electron chi connectivity index (χ1n) is 9.24. The fourth-order valence-corrected chi connectivity index (χ4v) is 3.90. The van der Waals surface area contributed by atoms with Crippen LogP contribution in [-0.2, 0) is 21.2 Å². The molecule has 29 heavy (non-hydrogen) atoms. The lowest BCUT2D eigenvalue weighted by atomic mass is 10.1. The first-order valence-corrected chi connectivity index (χ1v) is 11.1. The lowest BCUT2D eigenvalue weighted by molar-refractivity contribution is -0.385. The van der Waals surface area contributed by atoms with Crippen LogP contribution >= 0.6 is 0 Å². The molecule has 2 rings (SSSR count). The molecule has 0 bridgehead atoms. The van der Waals surface area contributed by atoms with Gasteiger partial charge in [0, 0.05) is 19.0 Å². The van der Waals surface area contributed by atoms with Crippen LogP contribution in [0.2, 0.25) is 0 Å². The summed E-state index contributed by atoms with van der Waals surface area (Å²) in [6.07, 6.45) is 2.38. The third-order valence-corrected chi connectivity index (χ3v) is 5.77. The fraction of sp³-hybridized carbons (Fsp3) is 0.350. The van der Waals surface area contributed by atoms with Crippen molar-refractivity contribution in [1.29, 1.82) is 0 Å². The minimum Gasteiger partial charge on any atom is -0.326 e. The van der Waals surface area contributed by atoms with Crippen molar-refractivity contribution in [3.05, 3.63) is 63.7 Å². The summed E-state index contributed by atoms with van der Waals surface area (Å²) >= 11 is 0. The summed E-state index contributed by atoms with van der Waals surface area (Å²) in [6, 6.07) is 11.7. The number of hydrogen-bond donors (Lipinski definition) is 1. The fourth-order valence-electron chi connectivity index (χ4n) is 2.94. The first kappa shape index (κ1) is 22.4. The van der Waals surface area contributed by atoms with Crippen LogP contribution in [0.3, 0.4) is 0 Å². The maximum atomic E-state index is 12.2. The number of hydrogen-bond acceptors (Lipinski definition) is 5. The molecule has 0 radical (unpaired) electrons. The molecule has 0 unspecified atom stereocenters. The summed E-state index contributed by atoms with van der Waals surface area (Å²) in [6.45, 7) is 3.75. The van der Waals surface area contributed by atoms with Crippen molar-refractivity contribution in [2.75, 3.05) is 22.4 Å². The largest absolute Gasteiger partial charge is 0.326 e. The zero-order valence-corrected chi connectivity index (χ0v) is 17.5. The molecule has 1 amide bonds. The van der Waals surface area contributed by atoms with Crippen molar-refractivity contribution in [3.63, 3.8) is 0 Å². The Morgan fingerprint density at radius 1 is 1.17 bits per heavy atom. The third kappa shape index (κ3) is 6.02. The Morgan fingerprint density at radius 2 is 1.83 bits per heavy atom. The number of nitrogens with one attached hydrogen (secondary N) is 1. The number of aryl methyl sites for hydroxylation is 1. The summed E-state index contributed by atoms with van der Waals surface area (Å²) < 4.78 is 25.6. The van der Waals surface area contributed by atoms with Crippen molar-refractivity contribution in [2.45, 2.75) is 33.1 Å². The van der Waals surface area contributed by atoms with E-state index >= 15 is 0 Å². The highest BCUT2D eigenvalue weighted by Gasteiger charge is 2.18. The quantitative estimate of drug-likeness (QED) is 0.493. The zero-order chi connectivity index (χ0) is 21.6. The molecule has 0 saturated carbocycles. The second kappa shape index (κ2) is 9.51. The average Bonchev–Trinajstić information content (AvgIpc) is 2.66. The second-order valence-electron chi connectivity index (χ2n) is 6.71. The highest BCUT2D eigenvalue weighted by molar-refractivity contribution is 7.92. The SMILES string of the molecule is CCc1ccc(N(CCCC(=O)Nc2cccc([N+](=O)[O-])c2C)S(C)(=O)=O)cc1. The van der Waals surface area contributed by atoms with E-state index in [1.54, 1.807) is 25.1 Å². The van der Waals surface area contributed by atoms with E-state index in [4.69, 9.17) is 0 Å². The van der Waals surface area contributed by atoms with Crippen LogP contribution in [0.1, 0.15) is 30.9 Å². The van der Waals surface area contributed by atoms with E-state index in [1.165, 1.54) is 16.4 Å². The summed E-state index contributed by atoms with van der Waals surface area (Å²) in [7, 11) is -3.49. The van der Waals surface area contributed by atoms with Gasteiger partial charge in [-0.1, -0.05) is 25.1 Å². The lowest BCUT2D eigenvalue weighted by Gasteiger charge is -2.22. The van der Waals surface area contributed by atoms with Gasteiger partial charge in [-0.3, -0.25) is 19.2 Å². The van der Waals surface area contributed by atoms with Gasteiger partial charge in [-0.15, -0.1) is 0 Å². The predicted octanol–water partition coefficient (Wildman–Crippen LogP) is 3.65. The Morgan fingerprint density at radius 3 is 2.38 bits per heavy atom. The van der Waals surface area contributed by atoms with Gasteiger partial charge in [-0.25, -0.2) is 8.42 Å². The Bertz CT molecular complexity index is 988. The van der Waals surface area contributed by atoms with Gasteiger partial charge >= 0.3 is 0 Å². The van der Waals surface area contributed by atoms with Gasteiger partial charge in [0.25, 0.3) is 5.69 Å². The normalized spacial score (nSPS) is 11.1. The molecule has 0 aliphatic rings. The molecule has 8 nitrogen and oxygen atoms in total. The van der Waals surface area contributed by atoms with Gasteiger partial charge < -0.3 is 5.32 Å². The summed E-state index contributed by atoms with van der Waals surface area (Å²) in [5.74, 6) is -0.330. The number of nitrogens with zero attached hydrogens (tertiary/aromatic N) is 2. The lowest BCUT2D eigenvalue weighted by Crippen LogP contribution is -2.31. The monoisotopic (exact) mass is 419 g/mol. The summed E-state index contributed by atoms with van der Waals surface area (Å²) in [4.78, 5) is 22.8. The molecule has 0 aromatic heterocycles. The minimum atomic E-state index is -3.49. The van der Waals surface area contributed by atoms with Crippen LogP contribution in [0, 0.1) is 17.0 Å². The van der Waals surface area contributed by atoms with Crippen molar-refractivity contribution in [2.24, 2.45) is 0 Å². The molecular formula is C20H25N3O5S. The average molecular weight is 420 g/mol. The second-order valence-corrected chi connectivity index (χ2v) is 8.62. The molecule has 1 N–H and O–H groups in total. The highest BCUT2D eigenvalue weighted by Crippen LogP contribution is 2.25. The van der Waals surface area contributed by atoms with Gasteiger partial charge in [0.15, 0.2) is 0 Å². The highest BCUT2D eigenvalue weighted by atomic mass is 32.2. The van der Waals surface area contributed by atoms with E-state index in [-0.39, 0.29) is 24.6 Å². The molecule has 0 spiro atoms. The maximum Gasteiger partial charge on any atom is 0.274 e.